The number of allylic oxidation sites excluding steroid dienone is 1. The summed E-state index contributed by atoms with van der Waals surface area (Å²) in [6, 6.07) is 5.51. The van der Waals surface area contributed by atoms with Crippen LogP contribution < -0.4 is 4.87 Å². The molecule has 2 rings (SSSR count). The van der Waals surface area contributed by atoms with Crippen LogP contribution in [0.2, 0.25) is 0 Å². The first-order valence-corrected chi connectivity index (χ1v) is 6.60. The van der Waals surface area contributed by atoms with Gasteiger partial charge in [0.05, 0.1) is 10.6 Å². The fraction of sp³-hybridized carbons (Fsp3) is 0.0769. The lowest BCUT2D eigenvalue weighted by molar-refractivity contribution is -0.384. The molecule has 0 spiro atoms. The van der Waals surface area contributed by atoms with Crippen LogP contribution in [0.4, 0.5) is 5.69 Å². The molecule has 1 aromatic heterocycles. The first kappa shape index (κ1) is 14.7. The van der Waals surface area contributed by atoms with Crippen molar-refractivity contribution in [3.8, 4) is 11.3 Å². The molecule has 1 N–H and O–H groups in total. The Labute approximate surface area is 122 Å². The number of carboxylic acids is 1. The van der Waals surface area contributed by atoms with E-state index in [1.54, 1.807) is 0 Å². The number of carbonyl (C=O) groups is 1. The summed E-state index contributed by atoms with van der Waals surface area (Å²) in [4.78, 5) is 32.8. The van der Waals surface area contributed by atoms with Crippen molar-refractivity contribution in [2.24, 2.45) is 0 Å². The quantitative estimate of drug-likeness (QED) is 0.519. The highest BCUT2D eigenvalue weighted by molar-refractivity contribution is 7.11. The minimum Gasteiger partial charge on any atom is -0.477 e. The summed E-state index contributed by atoms with van der Waals surface area (Å²) in [5, 5.41) is 20.0. The molecule has 0 saturated heterocycles. The van der Waals surface area contributed by atoms with Crippen molar-refractivity contribution in [1.29, 1.82) is 0 Å². The molecule has 0 radical (unpaired) electrons. The zero-order chi connectivity index (χ0) is 15.6. The number of aromatic carboxylic acids is 1. The Bertz CT molecular complexity index is 790. The normalized spacial score (nSPS) is 10.3. The summed E-state index contributed by atoms with van der Waals surface area (Å²) in [5.41, 5.74) is 0.288. The van der Waals surface area contributed by atoms with Gasteiger partial charge in [-0.1, -0.05) is 29.5 Å². The number of hydrogen-bond acceptors (Lipinski definition) is 5. The number of rotatable bonds is 5. The average Bonchev–Trinajstić information content (AvgIpc) is 2.77. The predicted molar refractivity (Wildman–Crippen MR) is 77.8 cm³/mol. The van der Waals surface area contributed by atoms with Gasteiger partial charge >= 0.3 is 10.8 Å². The summed E-state index contributed by atoms with van der Waals surface area (Å²) in [6.07, 6.45) is 1.46. The van der Waals surface area contributed by atoms with E-state index in [9.17, 15) is 24.8 Å². The third-order valence-corrected chi connectivity index (χ3v) is 3.70. The van der Waals surface area contributed by atoms with Crippen LogP contribution in [0.5, 0.6) is 0 Å². The number of nitrogens with zero attached hydrogens (tertiary/aromatic N) is 2. The standard InChI is InChI=1S/C13H10N2O5S/c1-2-6-14-10(11(12(16)17)21-13(14)18)8-4-3-5-9(7-8)15(19)20/h2-5,7H,1,6H2,(H,16,17). The molecule has 0 bridgehead atoms. The monoisotopic (exact) mass is 306 g/mol. The number of nitro benzene ring substituents is 1. The predicted octanol–water partition coefficient (Wildman–Crippen LogP) is 2.37. The van der Waals surface area contributed by atoms with Crippen LogP contribution in [0.1, 0.15) is 9.67 Å². The molecule has 0 fully saturated rings. The molecule has 0 aliphatic rings. The number of non-ortho nitro benzene ring substituents is 1. The van der Waals surface area contributed by atoms with E-state index >= 15 is 0 Å². The number of nitro groups is 1. The second kappa shape index (κ2) is 5.71. The van der Waals surface area contributed by atoms with Gasteiger partial charge in [0.2, 0.25) is 0 Å². The van der Waals surface area contributed by atoms with Gasteiger partial charge in [-0.05, 0) is 0 Å². The van der Waals surface area contributed by atoms with E-state index < -0.39 is 15.8 Å². The summed E-state index contributed by atoms with van der Waals surface area (Å²) < 4.78 is 1.24. The Balaban J connectivity index is 2.74. The van der Waals surface area contributed by atoms with E-state index in [1.165, 1.54) is 34.9 Å². The van der Waals surface area contributed by atoms with Gasteiger partial charge in [-0.3, -0.25) is 19.5 Å². The smallest absolute Gasteiger partial charge is 0.348 e. The van der Waals surface area contributed by atoms with Crippen LogP contribution in [0, 0.1) is 10.1 Å². The van der Waals surface area contributed by atoms with Crippen molar-refractivity contribution >= 4 is 23.0 Å². The first-order chi connectivity index (χ1) is 9.95. The summed E-state index contributed by atoms with van der Waals surface area (Å²) in [5.74, 6) is -1.25. The molecule has 0 saturated carbocycles. The van der Waals surface area contributed by atoms with E-state index in [2.05, 4.69) is 6.58 Å². The van der Waals surface area contributed by atoms with Gasteiger partial charge < -0.3 is 5.11 Å². The maximum absolute atomic E-state index is 11.9. The molecule has 0 amide bonds. The Morgan fingerprint density at radius 3 is 2.81 bits per heavy atom. The molecule has 108 valence electrons. The van der Waals surface area contributed by atoms with E-state index in [1.807, 2.05) is 0 Å². The maximum Gasteiger partial charge on any atom is 0.348 e. The zero-order valence-corrected chi connectivity index (χ0v) is 11.5. The molecular weight excluding hydrogens is 296 g/mol. The molecule has 7 nitrogen and oxygen atoms in total. The molecule has 8 heteroatoms. The first-order valence-electron chi connectivity index (χ1n) is 5.78. The molecule has 0 unspecified atom stereocenters. The SMILES string of the molecule is C=CCn1c(-c2cccc([N+](=O)[O-])c2)c(C(=O)O)sc1=O. The highest BCUT2D eigenvalue weighted by Gasteiger charge is 2.22. The molecule has 1 heterocycles. The second-order valence-corrected chi connectivity index (χ2v) is 5.02. The molecule has 0 aliphatic carbocycles. The van der Waals surface area contributed by atoms with Gasteiger partial charge in [-0.25, -0.2) is 4.79 Å². The number of thiazole rings is 1. The van der Waals surface area contributed by atoms with Crippen LogP contribution >= 0.6 is 11.3 Å². The minimum atomic E-state index is -1.25. The molecule has 0 aliphatic heterocycles. The maximum atomic E-state index is 11.9. The lowest BCUT2D eigenvalue weighted by atomic mass is 10.1. The Kier molecular flexibility index (Phi) is 3.99. The lowest BCUT2D eigenvalue weighted by Gasteiger charge is -2.06. The zero-order valence-electron chi connectivity index (χ0n) is 10.7. The fourth-order valence-corrected chi connectivity index (χ4v) is 2.76. The fourth-order valence-electron chi connectivity index (χ4n) is 1.90. The molecule has 1 aromatic carbocycles. The third-order valence-electron chi connectivity index (χ3n) is 2.73. The van der Waals surface area contributed by atoms with E-state index in [-0.39, 0.29) is 22.8 Å². The van der Waals surface area contributed by atoms with Crippen LogP contribution in [-0.2, 0) is 6.54 Å². The van der Waals surface area contributed by atoms with Gasteiger partial charge in [-0.15, -0.1) is 6.58 Å². The van der Waals surface area contributed by atoms with Crippen LogP contribution in [0.25, 0.3) is 11.3 Å². The molecule has 0 atom stereocenters. The van der Waals surface area contributed by atoms with Gasteiger partial charge in [-0.2, -0.15) is 0 Å². The number of carboxylic acid groups (broad SMARTS) is 1. The van der Waals surface area contributed by atoms with Crippen molar-refractivity contribution in [3.63, 3.8) is 0 Å². The molecular formula is C13H10N2O5S. The Morgan fingerprint density at radius 1 is 1.52 bits per heavy atom. The van der Waals surface area contributed by atoms with Crippen molar-refractivity contribution in [3.05, 3.63) is 61.6 Å². The van der Waals surface area contributed by atoms with E-state index in [4.69, 9.17) is 0 Å². The largest absolute Gasteiger partial charge is 0.477 e. The van der Waals surface area contributed by atoms with E-state index in [0.717, 1.165) is 0 Å². The summed E-state index contributed by atoms with van der Waals surface area (Å²) in [6.45, 7) is 3.65. The summed E-state index contributed by atoms with van der Waals surface area (Å²) >= 11 is 0.588. The van der Waals surface area contributed by atoms with Gasteiger partial charge in [0, 0.05) is 24.2 Å². The van der Waals surface area contributed by atoms with Gasteiger partial charge in [0.25, 0.3) is 5.69 Å². The lowest BCUT2D eigenvalue weighted by Crippen LogP contribution is -2.13. The van der Waals surface area contributed by atoms with Crippen molar-refractivity contribution < 1.29 is 14.8 Å². The Hall–Kier alpha value is -2.74. The van der Waals surface area contributed by atoms with E-state index in [0.29, 0.717) is 16.9 Å². The van der Waals surface area contributed by atoms with Crippen LogP contribution in [-0.4, -0.2) is 20.6 Å². The molecule has 2 aromatic rings. The number of benzene rings is 1. The van der Waals surface area contributed by atoms with Crippen LogP contribution in [0.15, 0.2) is 41.7 Å². The van der Waals surface area contributed by atoms with Gasteiger partial charge in [0.1, 0.15) is 4.88 Å². The third kappa shape index (κ3) is 2.75. The van der Waals surface area contributed by atoms with Crippen molar-refractivity contribution in [2.75, 3.05) is 0 Å². The minimum absolute atomic E-state index is 0.126. The highest BCUT2D eigenvalue weighted by atomic mass is 32.1. The summed E-state index contributed by atoms with van der Waals surface area (Å²) in [7, 11) is 0. The Morgan fingerprint density at radius 2 is 2.24 bits per heavy atom. The van der Waals surface area contributed by atoms with Crippen molar-refractivity contribution in [2.45, 2.75) is 6.54 Å². The number of hydrogen-bond donors (Lipinski definition) is 1. The highest BCUT2D eigenvalue weighted by Crippen LogP contribution is 2.28. The second-order valence-electron chi connectivity index (χ2n) is 4.06. The van der Waals surface area contributed by atoms with Crippen LogP contribution in [0.3, 0.4) is 0 Å². The topological polar surface area (TPSA) is 102 Å². The number of aromatic nitrogens is 1. The average molecular weight is 306 g/mol. The van der Waals surface area contributed by atoms with Gasteiger partial charge in [0.15, 0.2) is 0 Å². The molecule has 21 heavy (non-hydrogen) atoms. The van der Waals surface area contributed by atoms with Crippen molar-refractivity contribution in [1.82, 2.24) is 4.57 Å².